The van der Waals surface area contributed by atoms with Crippen LogP contribution in [-0.4, -0.2) is 48.5 Å². The predicted molar refractivity (Wildman–Crippen MR) is 110 cm³/mol. The second-order valence-electron chi connectivity index (χ2n) is 6.79. The molecule has 27 heavy (non-hydrogen) atoms. The van der Waals surface area contributed by atoms with Crippen molar-refractivity contribution in [3.8, 4) is 0 Å². The number of rotatable bonds is 4. The fourth-order valence-electron chi connectivity index (χ4n) is 3.54. The normalized spacial score (nSPS) is 15.1. The van der Waals surface area contributed by atoms with E-state index in [4.69, 9.17) is 4.98 Å². The topological polar surface area (TPSA) is 48.5 Å². The Morgan fingerprint density at radius 2 is 1.70 bits per heavy atom. The van der Waals surface area contributed by atoms with Crippen molar-refractivity contribution in [2.45, 2.75) is 6.92 Å². The molecule has 0 aliphatic carbocycles. The molecule has 0 spiro atoms. The van der Waals surface area contributed by atoms with Crippen LogP contribution in [0.4, 0.5) is 11.6 Å². The van der Waals surface area contributed by atoms with Crippen molar-refractivity contribution in [3.63, 3.8) is 0 Å². The van der Waals surface area contributed by atoms with E-state index >= 15 is 0 Å². The highest BCUT2D eigenvalue weighted by atomic mass is 16.1. The number of pyridine rings is 1. The molecule has 0 radical (unpaired) electrons. The third-order valence-corrected chi connectivity index (χ3v) is 5.12. The van der Waals surface area contributed by atoms with E-state index in [2.05, 4.69) is 34.2 Å². The molecule has 2 aromatic carbocycles. The number of carbonyl (C=O) groups is 1. The molecular formula is C22H24N4O. The van der Waals surface area contributed by atoms with E-state index in [1.54, 1.807) is 12.1 Å². The number of nitrogens with zero attached hydrogens (tertiary/aromatic N) is 3. The third-order valence-electron chi connectivity index (χ3n) is 5.12. The van der Waals surface area contributed by atoms with Crippen LogP contribution in [0.25, 0.3) is 10.8 Å². The molecule has 1 saturated heterocycles. The van der Waals surface area contributed by atoms with Gasteiger partial charge in [0.05, 0.1) is 0 Å². The zero-order valence-corrected chi connectivity index (χ0v) is 15.6. The maximum Gasteiger partial charge on any atom is 0.256 e. The molecule has 1 amide bonds. The molecule has 5 nitrogen and oxygen atoms in total. The molecule has 0 atom stereocenters. The summed E-state index contributed by atoms with van der Waals surface area (Å²) in [4.78, 5) is 22.1. The molecule has 1 aromatic heterocycles. The number of amides is 1. The van der Waals surface area contributed by atoms with Crippen molar-refractivity contribution in [1.29, 1.82) is 0 Å². The van der Waals surface area contributed by atoms with E-state index in [-0.39, 0.29) is 5.91 Å². The molecule has 0 bridgehead atoms. The molecule has 4 rings (SSSR count). The summed E-state index contributed by atoms with van der Waals surface area (Å²) in [5, 5.41) is 5.17. The van der Waals surface area contributed by atoms with E-state index in [1.807, 2.05) is 36.4 Å². The van der Waals surface area contributed by atoms with Gasteiger partial charge < -0.3 is 15.1 Å². The Labute approximate surface area is 159 Å². The summed E-state index contributed by atoms with van der Waals surface area (Å²) >= 11 is 0. The van der Waals surface area contributed by atoms with Gasteiger partial charge >= 0.3 is 0 Å². The quantitative estimate of drug-likeness (QED) is 0.772. The molecule has 3 aromatic rings. The average molecular weight is 360 g/mol. The van der Waals surface area contributed by atoms with Crippen molar-refractivity contribution < 1.29 is 4.79 Å². The van der Waals surface area contributed by atoms with E-state index in [9.17, 15) is 4.79 Å². The maximum atomic E-state index is 12.5. The standard InChI is InChI=1S/C22H24N4O/c1-2-25-12-14-26(15-13-25)21-19-11-7-6-10-18(19)16-20(23-21)24-22(27)17-8-4-3-5-9-17/h3-11,16H,2,12-15H2,1H3,(H,23,24,27). The number of carbonyl (C=O) groups excluding carboxylic acids is 1. The number of piperazine rings is 1. The summed E-state index contributed by atoms with van der Waals surface area (Å²) in [6, 6.07) is 19.4. The highest BCUT2D eigenvalue weighted by molar-refractivity contribution is 6.05. The van der Waals surface area contributed by atoms with Gasteiger partial charge in [0.1, 0.15) is 11.6 Å². The van der Waals surface area contributed by atoms with Crippen LogP contribution in [0.3, 0.4) is 0 Å². The lowest BCUT2D eigenvalue weighted by Gasteiger charge is -2.35. The Morgan fingerprint density at radius 1 is 1.00 bits per heavy atom. The molecule has 1 aliphatic rings. The first kappa shape index (κ1) is 17.5. The first-order valence-electron chi connectivity index (χ1n) is 9.48. The molecule has 2 heterocycles. The van der Waals surface area contributed by atoms with Crippen molar-refractivity contribution in [1.82, 2.24) is 9.88 Å². The number of hydrogen-bond donors (Lipinski definition) is 1. The van der Waals surface area contributed by atoms with Crippen LogP contribution in [0.2, 0.25) is 0 Å². The van der Waals surface area contributed by atoms with Gasteiger partial charge in [-0.05, 0) is 30.1 Å². The Balaban J connectivity index is 1.65. The summed E-state index contributed by atoms with van der Waals surface area (Å²) in [5.74, 6) is 1.41. The van der Waals surface area contributed by atoms with E-state index in [0.29, 0.717) is 11.4 Å². The summed E-state index contributed by atoms with van der Waals surface area (Å²) in [6.07, 6.45) is 0. The Kier molecular flexibility index (Phi) is 5.03. The summed E-state index contributed by atoms with van der Waals surface area (Å²) in [7, 11) is 0. The van der Waals surface area contributed by atoms with Gasteiger partial charge in [-0.15, -0.1) is 0 Å². The highest BCUT2D eigenvalue weighted by Crippen LogP contribution is 2.28. The van der Waals surface area contributed by atoms with Crippen LogP contribution in [0.1, 0.15) is 17.3 Å². The van der Waals surface area contributed by atoms with Crippen LogP contribution in [-0.2, 0) is 0 Å². The Morgan fingerprint density at radius 3 is 2.44 bits per heavy atom. The number of fused-ring (bicyclic) bond motifs is 1. The van der Waals surface area contributed by atoms with Gasteiger partial charge in [0.25, 0.3) is 5.91 Å². The maximum absolute atomic E-state index is 12.5. The molecule has 5 heteroatoms. The van der Waals surface area contributed by atoms with Crippen LogP contribution >= 0.6 is 0 Å². The minimum Gasteiger partial charge on any atom is -0.353 e. The molecule has 138 valence electrons. The van der Waals surface area contributed by atoms with E-state index < -0.39 is 0 Å². The molecular weight excluding hydrogens is 336 g/mol. The largest absolute Gasteiger partial charge is 0.353 e. The molecule has 1 fully saturated rings. The zero-order chi connectivity index (χ0) is 18.6. The predicted octanol–water partition coefficient (Wildman–Crippen LogP) is 3.63. The molecule has 0 unspecified atom stereocenters. The summed E-state index contributed by atoms with van der Waals surface area (Å²) < 4.78 is 0. The molecule has 0 saturated carbocycles. The second-order valence-corrected chi connectivity index (χ2v) is 6.79. The fourth-order valence-corrected chi connectivity index (χ4v) is 3.54. The van der Waals surface area contributed by atoms with Crippen molar-refractivity contribution >= 4 is 28.3 Å². The van der Waals surface area contributed by atoms with Crippen molar-refractivity contribution in [2.75, 3.05) is 42.9 Å². The van der Waals surface area contributed by atoms with Crippen LogP contribution in [0, 0.1) is 0 Å². The minimum absolute atomic E-state index is 0.139. The summed E-state index contributed by atoms with van der Waals surface area (Å²) in [6.45, 7) is 7.24. The van der Waals surface area contributed by atoms with Crippen LogP contribution in [0.5, 0.6) is 0 Å². The minimum atomic E-state index is -0.139. The smallest absolute Gasteiger partial charge is 0.256 e. The lowest BCUT2D eigenvalue weighted by Crippen LogP contribution is -2.46. The highest BCUT2D eigenvalue weighted by Gasteiger charge is 2.20. The van der Waals surface area contributed by atoms with Gasteiger partial charge in [0.15, 0.2) is 0 Å². The van der Waals surface area contributed by atoms with Crippen molar-refractivity contribution in [2.24, 2.45) is 0 Å². The number of likely N-dealkylation sites (N-methyl/N-ethyl adjacent to an activating group) is 1. The Hall–Kier alpha value is -2.92. The van der Waals surface area contributed by atoms with Crippen LogP contribution in [0.15, 0.2) is 60.7 Å². The van der Waals surface area contributed by atoms with Gasteiger partial charge in [0.2, 0.25) is 0 Å². The monoisotopic (exact) mass is 360 g/mol. The third kappa shape index (κ3) is 3.78. The second kappa shape index (κ2) is 7.76. The average Bonchev–Trinajstić information content (AvgIpc) is 2.74. The molecule has 1 N–H and O–H groups in total. The fraction of sp³-hybridized carbons (Fsp3) is 0.273. The summed E-state index contributed by atoms with van der Waals surface area (Å²) in [5.41, 5.74) is 0.630. The Bertz CT molecular complexity index is 933. The van der Waals surface area contributed by atoms with E-state index in [1.165, 1.54) is 0 Å². The van der Waals surface area contributed by atoms with Gasteiger partial charge in [-0.3, -0.25) is 4.79 Å². The number of aromatic nitrogens is 1. The van der Waals surface area contributed by atoms with Gasteiger partial charge in [-0.2, -0.15) is 0 Å². The van der Waals surface area contributed by atoms with Crippen molar-refractivity contribution in [3.05, 3.63) is 66.2 Å². The first-order valence-corrected chi connectivity index (χ1v) is 9.48. The SMILES string of the molecule is CCN1CCN(c2nc(NC(=O)c3ccccc3)cc3ccccc23)CC1. The number of benzene rings is 2. The number of hydrogen-bond acceptors (Lipinski definition) is 4. The van der Waals surface area contributed by atoms with Gasteiger partial charge in [0, 0.05) is 37.1 Å². The zero-order valence-electron chi connectivity index (χ0n) is 15.6. The number of nitrogens with one attached hydrogen (secondary N) is 1. The lowest BCUT2D eigenvalue weighted by atomic mass is 10.1. The van der Waals surface area contributed by atoms with Crippen LogP contribution < -0.4 is 10.2 Å². The number of anilines is 2. The van der Waals surface area contributed by atoms with E-state index in [0.717, 1.165) is 49.3 Å². The first-order chi connectivity index (χ1) is 13.2. The lowest BCUT2D eigenvalue weighted by molar-refractivity contribution is 0.102. The molecule has 1 aliphatic heterocycles. The van der Waals surface area contributed by atoms with Gasteiger partial charge in [-0.25, -0.2) is 4.98 Å². The van der Waals surface area contributed by atoms with Gasteiger partial charge in [-0.1, -0.05) is 49.4 Å².